The van der Waals surface area contributed by atoms with E-state index in [1.165, 1.54) is 6.20 Å². The lowest BCUT2D eigenvalue weighted by Gasteiger charge is -2.18. The summed E-state index contributed by atoms with van der Waals surface area (Å²) in [6.07, 6.45) is 2.20. The van der Waals surface area contributed by atoms with E-state index in [1.807, 2.05) is 31.2 Å². The molecular formula is C38H45ClN4O7. The standard InChI is InChI=1S/C38H45ClN4O7/c1-25-29(6-3-7-33(25)34-8-4-9-36(26(34)2)48-11-5-10-41-19-31(46)21-44)24-50-38-14-37(49-23-28-12-27(15-40)16-42-17-28)30(13-35(38)39)18-43-20-32(47)22-45/h3-4,6-9,12-14,16-17,31-32,41,43-47H,5,10-11,18-24H2,1-2H3/t31-,32-/m0/s1. The maximum atomic E-state index is 9.76. The molecule has 2 atom stereocenters. The van der Waals surface area contributed by atoms with Gasteiger partial charge in [0.2, 0.25) is 0 Å². The van der Waals surface area contributed by atoms with Crippen molar-refractivity contribution in [2.24, 2.45) is 0 Å². The first-order chi connectivity index (χ1) is 24.2. The minimum Gasteiger partial charge on any atom is -0.493 e. The molecule has 4 aromatic rings. The Morgan fingerprint density at radius 3 is 2.24 bits per heavy atom. The molecule has 266 valence electrons. The number of rotatable bonds is 20. The number of ether oxygens (including phenoxy) is 3. The summed E-state index contributed by atoms with van der Waals surface area (Å²) >= 11 is 6.71. The molecule has 0 bridgehead atoms. The Morgan fingerprint density at radius 1 is 0.800 bits per heavy atom. The smallest absolute Gasteiger partial charge is 0.142 e. The highest BCUT2D eigenvalue weighted by Crippen LogP contribution is 2.36. The second-order valence-electron chi connectivity index (χ2n) is 11.9. The second kappa shape index (κ2) is 19.8. The number of hydrogen-bond donors (Lipinski definition) is 6. The zero-order valence-corrected chi connectivity index (χ0v) is 29.1. The molecule has 1 heterocycles. The zero-order chi connectivity index (χ0) is 35.9. The molecule has 6 N–H and O–H groups in total. The van der Waals surface area contributed by atoms with Crippen molar-refractivity contribution in [3.8, 4) is 34.4 Å². The van der Waals surface area contributed by atoms with Gasteiger partial charge in [0.15, 0.2) is 0 Å². The molecule has 0 amide bonds. The van der Waals surface area contributed by atoms with Crippen LogP contribution < -0.4 is 24.8 Å². The summed E-state index contributed by atoms with van der Waals surface area (Å²) in [5.41, 5.74) is 7.05. The lowest BCUT2D eigenvalue weighted by Crippen LogP contribution is -2.30. The zero-order valence-electron chi connectivity index (χ0n) is 28.4. The maximum absolute atomic E-state index is 9.76. The van der Waals surface area contributed by atoms with Crippen LogP contribution in [0.25, 0.3) is 11.1 Å². The molecule has 0 radical (unpaired) electrons. The Hall–Kier alpha value is -4.25. The van der Waals surface area contributed by atoms with Crippen LogP contribution in [0.4, 0.5) is 0 Å². The van der Waals surface area contributed by atoms with Crippen molar-refractivity contribution < 1.29 is 34.6 Å². The molecule has 12 heteroatoms. The third kappa shape index (κ3) is 11.1. The highest BCUT2D eigenvalue weighted by atomic mass is 35.5. The molecule has 0 spiro atoms. The van der Waals surface area contributed by atoms with E-state index in [0.29, 0.717) is 48.3 Å². The first-order valence-corrected chi connectivity index (χ1v) is 16.8. The van der Waals surface area contributed by atoms with E-state index in [1.54, 1.807) is 24.4 Å². The number of aliphatic hydroxyl groups is 4. The molecule has 0 aliphatic rings. The highest BCUT2D eigenvalue weighted by molar-refractivity contribution is 6.32. The van der Waals surface area contributed by atoms with Gasteiger partial charge < -0.3 is 45.3 Å². The van der Waals surface area contributed by atoms with Gasteiger partial charge in [0.1, 0.15) is 36.5 Å². The summed E-state index contributed by atoms with van der Waals surface area (Å²) in [6, 6.07) is 19.4. The summed E-state index contributed by atoms with van der Waals surface area (Å²) in [6.45, 7) is 5.89. The Kier molecular flexibility index (Phi) is 15.3. The van der Waals surface area contributed by atoms with Gasteiger partial charge >= 0.3 is 0 Å². The van der Waals surface area contributed by atoms with Gasteiger partial charge in [-0.2, -0.15) is 5.26 Å². The Bertz CT molecular complexity index is 1730. The molecule has 50 heavy (non-hydrogen) atoms. The number of aliphatic hydroxyl groups excluding tert-OH is 4. The van der Waals surface area contributed by atoms with E-state index >= 15 is 0 Å². The molecule has 11 nitrogen and oxygen atoms in total. The van der Waals surface area contributed by atoms with Crippen molar-refractivity contribution in [2.75, 3.05) is 39.5 Å². The Labute approximate surface area is 298 Å². The molecule has 3 aromatic carbocycles. The van der Waals surface area contributed by atoms with Crippen molar-refractivity contribution in [1.82, 2.24) is 15.6 Å². The summed E-state index contributed by atoms with van der Waals surface area (Å²) < 4.78 is 18.5. The minimum absolute atomic E-state index is 0.158. The van der Waals surface area contributed by atoms with Crippen LogP contribution in [-0.4, -0.2) is 77.1 Å². The predicted molar refractivity (Wildman–Crippen MR) is 191 cm³/mol. The highest BCUT2D eigenvalue weighted by Gasteiger charge is 2.16. The molecule has 0 aliphatic carbocycles. The molecule has 0 saturated carbocycles. The van der Waals surface area contributed by atoms with Gasteiger partial charge in [-0.15, -0.1) is 0 Å². The number of nitrogens with zero attached hydrogens (tertiary/aromatic N) is 2. The Balaban J connectivity index is 1.48. The van der Waals surface area contributed by atoms with Gasteiger partial charge in [0.25, 0.3) is 0 Å². The second-order valence-corrected chi connectivity index (χ2v) is 12.3. The lowest BCUT2D eigenvalue weighted by molar-refractivity contribution is 0.0941. The van der Waals surface area contributed by atoms with E-state index in [-0.39, 0.29) is 33.0 Å². The van der Waals surface area contributed by atoms with Gasteiger partial charge in [-0.3, -0.25) is 4.98 Å². The molecule has 0 aliphatic heterocycles. The quantitative estimate of drug-likeness (QED) is 0.0729. The summed E-state index contributed by atoms with van der Waals surface area (Å²) in [4.78, 5) is 4.11. The van der Waals surface area contributed by atoms with Gasteiger partial charge in [-0.25, -0.2) is 0 Å². The molecule has 0 unspecified atom stereocenters. The third-order valence-corrected chi connectivity index (χ3v) is 8.38. The average Bonchev–Trinajstić information content (AvgIpc) is 3.13. The minimum atomic E-state index is -0.901. The normalized spacial score (nSPS) is 12.3. The summed E-state index contributed by atoms with van der Waals surface area (Å²) in [5, 5.41) is 53.2. The fourth-order valence-corrected chi connectivity index (χ4v) is 5.49. The first-order valence-electron chi connectivity index (χ1n) is 16.5. The van der Waals surface area contributed by atoms with Crippen LogP contribution >= 0.6 is 11.6 Å². The van der Waals surface area contributed by atoms with E-state index in [0.717, 1.165) is 51.1 Å². The van der Waals surface area contributed by atoms with E-state index in [9.17, 15) is 20.6 Å². The monoisotopic (exact) mass is 704 g/mol. The van der Waals surface area contributed by atoms with Crippen molar-refractivity contribution in [1.29, 1.82) is 5.26 Å². The number of hydrogen-bond acceptors (Lipinski definition) is 11. The average molecular weight is 705 g/mol. The third-order valence-electron chi connectivity index (χ3n) is 8.09. The fourth-order valence-electron chi connectivity index (χ4n) is 5.25. The van der Waals surface area contributed by atoms with Crippen LogP contribution in [-0.2, 0) is 19.8 Å². The largest absolute Gasteiger partial charge is 0.493 e. The summed E-state index contributed by atoms with van der Waals surface area (Å²) in [5.74, 6) is 1.74. The lowest BCUT2D eigenvalue weighted by atomic mass is 9.93. The molecule has 4 rings (SSSR count). The molecule has 1 aromatic heterocycles. The van der Waals surface area contributed by atoms with Crippen LogP contribution in [0, 0.1) is 25.2 Å². The molecule has 0 saturated heterocycles. The van der Waals surface area contributed by atoms with Gasteiger partial charge in [0, 0.05) is 49.2 Å². The van der Waals surface area contributed by atoms with Crippen LogP contribution in [0.2, 0.25) is 5.02 Å². The maximum Gasteiger partial charge on any atom is 0.142 e. The molecular weight excluding hydrogens is 660 g/mol. The van der Waals surface area contributed by atoms with Gasteiger partial charge in [-0.1, -0.05) is 41.9 Å². The van der Waals surface area contributed by atoms with E-state index in [4.69, 9.17) is 30.9 Å². The number of aromatic nitrogens is 1. The van der Waals surface area contributed by atoms with Crippen molar-refractivity contribution in [2.45, 2.75) is 52.2 Å². The first kappa shape index (κ1) is 38.6. The van der Waals surface area contributed by atoms with Crippen LogP contribution in [0.5, 0.6) is 17.2 Å². The van der Waals surface area contributed by atoms with Gasteiger partial charge in [0.05, 0.1) is 42.6 Å². The summed E-state index contributed by atoms with van der Waals surface area (Å²) in [7, 11) is 0. The number of halogens is 1. The van der Waals surface area contributed by atoms with Crippen molar-refractivity contribution >= 4 is 11.6 Å². The number of pyridine rings is 1. The van der Waals surface area contributed by atoms with E-state index in [2.05, 4.69) is 40.7 Å². The topological polar surface area (TPSA) is 169 Å². The van der Waals surface area contributed by atoms with Crippen molar-refractivity contribution in [3.05, 3.63) is 105 Å². The van der Waals surface area contributed by atoms with Crippen LogP contribution in [0.15, 0.2) is 67.0 Å². The Morgan fingerprint density at radius 2 is 1.50 bits per heavy atom. The van der Waals surface area contributed by atoms with Crippen LogP contribution in [0.1, 0.15) is 39.8 Å². The molecule has 0 fully saturated rings. The van der Waals surface area contributed by atoms with Crippen molar-refractivity contribution in [3.63, 3.8) is 0 Å². The van der Waals surface area contributed by atoms with E-state index < -0.39 is 12.2 Å². The predicted octanol–water partition coefficient (Wildman–Crippen LogP) is 4.20. The number of nitrogens with one attached hydrogen (secondary N) is 2. The SMILES string of the molecule is Cc1c(COc2cc(OCc3cncc(C#N)c3)c(CNC[C@H](O)CO)cc2Cl)cccc1-c1cccc(OCCCNC[C@H](O)CO)c1C. The number of benzene rings is 3. The van der Waals surface area contributed by atoms with Gasteiger partial charge in [-0.05, 0) is 72.8 Å². The number of nitriles is 1. The van der Waals surface area contributed by atoms with Crippen LogP contribution in [0.3, 0.4) is 0 Å². The fraction of sp³-hybridized carbons (Fsp3) is 0.368.